The Labute approximate surface area is 125 Å². The Morgan fingerprint density at radius 1 is 1.16 bits per heavy atom. The average Bonchev–Trinajstić information content (AvgIpc) is 2.38. The van der Waals surface area contributed by atoms with Crippen molar-refractivity contribution in [3.05, 3.63) is 11.6 Å². The van der Waals surface area contributed by atoms with Gasteiger partial charge in [0.15, 0.2) is 0 Å². The van der Waals surface area contributed by atoms with E-state index in [0.29, 0.717) is 4.75 Å². The van der Waals surface area contributed by atoms with E-state index in [2.05, 4.69) is 45.5 Å². The van der Waals surface area contributed by atoms with Crippen molar-refractivity contribution in [3.63, 3.8) is 0 Å². The summed E-state index contributed by atoms with van der Waals surface area (Å²) in [6.07, 6.45) is 15.1. The summed E-state index contributed by atoms with van der Waals surface area (Å²) >= 11 is 2.23. The van der Waals surface area contributed by atoms with Gasteiger partial charge in [-0.25, -0.2) is 0 Å². The van der Waals surface area contributed by atoms with Gasteiger partial charge in [-0.1, -0.05) is 71.4 Å². The molecular weight excluding hydrogens is 248 g/mol. The second-order valence-electron chi connectivity index (χ2n) is 6.70. The van der Waals surface area contributed by atoms with Crippen LogP contribution in [0.3, 0.4) is 0 Å². The van der Waals surface area contributed by atoms with Crippen molar-refractivity contribution in [2.24, 2.45) is 5.92 Å². The van der Waals surface area contributed by atoms with Gasteiger partial charge < -0.3 is 0 Å². The van der Waals surface area contributed by atoms with E-state index < -0.39 is 0 Å². The minimum absolute atomic E-state index is 0.530. The lowest BCUT2D eigenvalue weighted by Gasteiger charge is -2.33. The molecule has 112 valence electrons. The van der Waals surface area contributed by atoms with E-state index in [1.807, 2.05) is 0 Å². The fourth-order valence-electron chi connectivity index (χ4n) is 2.82. The normalized spacial score (nSPS) is 23.7. The fraction of sp³-hybridized carbons (Fsp3) is 0.889. The highest BCUT2D eigenvalue weighted by molar-refractivity contribution is 8.00. The molecule has 0 aromatic rings. The fourth-order valence-corrected chi connectivity index (χ4v) is 4.11. The number of thioether (sulfide) groups is 1. The summed E-state index contributed by atoms with van der Waals surface area (Å²) in [6.45, 7) is 9.43. The molecule has 19 heavy (non-hydrogen) atoms. The first-order chi connectivity index (χ1) is 9.07. The average molecular weight is 283 g/mol. The van der Waals surface area contributed by atoms with E-state index >= 15 is 0 Å². The maximum absolute atomic E-state index is 2.53. The number of allylic oxidation sites excluding steroid dienone is 2. The molecule has 1 heteroatoms. The molecule has 0 aliphatic heterocycles. The van der Waals surface area contributed by atoms with Gasteiger partial charge in [0.2, 0.25) is 0 Å². The molecule has 0 amide bonds. The smallest absolute Gasteiger partial charge is 0.0169 e. The highest BCUT2D eigenvalue weighted by atomic mass is 32.2. The molecule has 1 unspecified atom stereocenters. The third-order valence-electron chi connectivity index (χ3n) is 4.43. The van der Waals surface area contributed by atoms with Gasteiger partial charge >= 0.3 is 0 Å². The number of hydrogen-bond acceptors (Lipinski definition) is 1. The lowest BCUT2D eigenvalue weighted by atomic mass is 9.85. The summed E-state index contributed by atoms with van der Waals surface area (Å²) in [6, 6.07) is 0. The standard InChI is InChI=1S/C18H34S/c1-5-6-7-8-9-10-15-19-18(4)13-11-17(12-14-18)16(2)3/h11,16H,5-10,12-15H2,1-4H3. The molecular formula is C18H34S. The van der Waals surface area contributed by atoms with E-state index in [1.54, 1.807) is 5.57 Å². The molecule has 1 aliphatic carbocycles. The number of hydrogen-bond donors (Lipinski definition) is 0. The van der Waals surface area contributed by atoms with E-state index in [9.17, 15) is 0 Å². The van der Waals surface area contributed by atoms with Crippen LogP contribution in [0.4, 0.5) is 0 Å². The zero-order valence-corrected chi connectivity index (χ0v) is 14.5. The molecule has 1 rings (SSSR count). The van der Waals surface area contributed by atoms with Crippen molar-refractivity contribution in [2.45, 2.75) is 90.2 Å². The Morgan fingerprint density at radius 2 is 1.84 bits per heavy atom. The molecule has 0 aromatic heterocycles. The first-order valence-corrected chi connectivity index (χ1v) is 9.39. The van der Waals surface area contributed by atoms with Crippen molar-refractivity contribution in [3.8, 4) is 0 Å². The first-order valence-electron chi connectivity index (χ1n) is 8.40. The first kappa shape index (κ1) is 17.1. The van der Waals surface area contributed by atoms with Crippen LogP contribution in [0.25, 0.3) is 0 Å². The largest absolute Gasteiger partial charge is 0.155 e. The Hall–Kier alpha value is 0.0900. The van der Waals surface area contributed by atoms with Crippen LogP contribution in [0.5, 0.6) is 0 Å². The highest BCUT2D eigenvalue weighted by Gasteiger charge is 2.27. The molecule has 0 fully saturated rings. The quantitative estimate of drug-likeness (QED) is 0.339. The van der Waals surface area contributed by atoms with E-state index in [4.69, 9.17) is 0 Å². The van der Waals surface area contributed by atoms with E-state index in [1.165, 1.54) is 63.5 Å². The van der Waals surface area contributed by atoms with Crippen molar-refractivity contribution in [1.82, 2.24) is 0 Å². The lowest BCUT2D eigenvalue weighted by molar-refractivity contribution is 0.530. The number of unbranched alkanes of at least 4 members (excludes halogenated alkanes) is 5. The Balaban J connectivity index is 2.12. The summed E-state index contributed by atoms with van der Waals surface area (Å²) in [5.41, 5.74) is 1.69. The second-order valence-corrected chi connectivity index (χ2v) is 8.39. The van der Waals surface area contributed by atoms with Crippen LogP contribution in [0.2, 0.25) is 0 Å². The molecule has 0 aromatic carbocycles. The molecule has 1 aliphatic rings. The van der Waals surface area contributed by atoms with Gasteiger partial charge in [0.1, 0.15) is 0 Å². The summed E-state index contributed by atoms with van der Waals surface area (Å²) in [7, 11) is 0. The lowest BCUT2D eigenvalue weighted by Crippen LogP contribution is -2.24. The molecule has 1 atom stereocenters. The van der Waals surface area contributed by atoms with Gasteiger partial charge in [-0.05, 0) is 37.4 Å². The van der Waals surface area contributed by atoms with Crippen molar-refractivity contribution >= 4 is 11.8 Å². The Bertz CT molecular complexity index is 267. The van der Waals surface area contributed by atoms with Gasteiger partial charge in [-0.3, -0.25) is 0 Å². The van der Waals surface area contributed by atoms with Crippen LogP contribution >= 0.6 is 11.8 Å². The van der Waals surface area contributed by atoms with Crippen LogP contribution in [0.15, 0.2) is 11.6 Å². The molecule has 0 saturated carbocycles. The number of rotatable bonds is 9. The summed E-state index contributed by atoms with van der Waals surface area (Å²) in [4.78, 5) is 0. The van der Waals surface area contributed by atoms with Gasteiger partial charge in [-0.15, -0.1) is 0 Å². The van der Waals surface area contributed by atoms with Crippen LogP contribution in [-0.2, 0) is 0 Å². The zero-order valence-electron chi connectivity index (χ0n) is 13.6. The van der Waals surface area contributed by atoms with Crippen LogP contribution in [0.1, 0.15) is 85.5 Å². The molecule has 0 nitrogen and oxygen atoms in total. The molecule has 0 radical (unpaired) electrons. The van der Waals surface area contributed by atoms with Gasteiger partial charge in [-0.2, -0.15) is 11.8 Å². The summed E-state index contributed by atoms with van der Waals surface area (Å²) in [5, 5.41) is 0. The van der Waals surface area contributed by atoms with Crippen LogP contribution in [0, 0.1) is 5.92 Å². The monoisotopic (exact) mass is 282 g/mol. The van der Waals surface area contributed by atoms with Crippen molar-refractivity contribution < 1.29 is 0 Å². The molecule has 0 saturated heterocycles. The SMILES string of the molecule is CCCCCCCCSC1(C)CC=C(C(C)C)CC1. The molecule has 0 bridgehead atoms. The minimum Gasteiger partial charge on any atom is -0.155 e. The zero-order chi connectivity index (χ0) is 14.1. The maximum Gasteiger partial charge on any atom is 0.0169 e. The van der Waals surface area contributed by atoms with Crippen LogP contribution < -0.4 is 0 Å². The van der Waals surface area contributed by atoms with Gasteiger partial charge in [0.05, 0.1) is 0 Å². The third kappa shape index (κ3) is 6.88. The predicted octanol–water partition coefficient (Wildman–Crippen LogP) is 6.61. The van der Waals surface area contributed by atoms with Crippen LogP contribution in [-0.4, -0.2) is 10.5 Å². The van der Waals surface area contributed by atoms with Crippen molar-refractivity contribution in [2.75, 3.05) is 5.75 Å². The predicted molar refractivity (Wildman–Crippen MR) is 91.0 cm³/mol. The topological polar surface area (TPSA) is 0 Å². The van der Waals surface area contributed by atoms with Gasteiger partial charge in [0, 0.05) is 4.75 Å². The molecule has 0 heterocycles. The maximum atomic E-state index is 2.53. The molecule has 0 spiro atoms. The van der Waals surface area contributed by atoms with Gasteiger partial charge in [0.25, 0.3) is 0 Å². The molecule has 0 N–H and O–H groups in total. The Morgan fingerprint density at radius 3 is 2.42 bits per heavy atom. The third-order valence-corrected chi connectivity index (χ3v) is 5.99. The minimum atomic E-state index is 0.530. The second kappa shape index (κ2) is 9.10. The van der Waals surface area contributed by atoms with Crippen molar-refractivity contribution in [1.29, 1.82) is 0 Å². The van der Waals surface area contributed by atoms with E-state index in [0.717, 1.165) is 5.92 Å². The highest BCUT2D eigenvalue weighted by Crippen LogP contribution is 2.40. The summed E-state index contributed by atoms with van der Waals surface area (Å²) in [5.74, 6) is 2.13. The summed E-state index contributed by atoms with van der Waals surface area (Å²) < 4.78 is 0.530. The van der Waals surface area contributed by atoms with E-state index in [-0.39, 0.29) is 0 Å². The Kier molecular flexibility index (Phi) is 8.21.